The number of fused-ring (bicyclic) bond motifs is 1. The maximum Gasteiger partial charge on any atom is 0.242 e. The van der Waals surface area contributed by atoms with Crippen LogP contribution in [0, 0.1) is 5.82 Å². The minimum absolute atomic E-state index is 0.114. The number of carbonyl (C=O) groups excluding carboxylic acids is 1. The van der Waals surface area contributed by atoms with Crippen LogP contribution in [0.15, 0.2) is 24.4 Å². The number of hydrogen-bond acceptors (Lipinski definition) is 4. The zero-order valence-electron chi connectivity index (χ0n) is 11.1. The van der Waals surface area contributed by atoms with E-state index in [9.17, 15) is 9.18 Å². The predicted molar refractivity (Wildman–Crippen MR) is 75.9 cm³/mol. The highest BCUT2D eigenvalue weighted by molar-refractivity contribution is 6.00. The molecule has 1 aliphatic heterocycles. The number of hydrogen-bond donors (Lipinski definition) is 2. The standard InChI is InChI=1S/C14H15FN4O/c1-8-14(20)18-5-6-19(8)13-10(15)7-11(16)9-3-2-4-17-12(9)13/h2-4,7-8H,5-6,16H2,1H3,(H,18,20). The van der Waals surface area contributed by atoms with Gasteiger partial charge in [-0.15, -0.1) is 0 Å². The summed E-state index contributed by atoms with van der Waals surface area (Å²) in [5.41, 5.74) is 7.03. The molecule has 1 aromatic carbocycles. The fraction of sp³-hybridized carbons (Fsp3) is 0.286. The van der Waals surface area contributed by atoms with Crippen LogP contribution >= 0.6 is 0 Å². The van der Waals surface area contributed by atoms with Gasteiger partial charge >= 0.3 is 0 Å². The van der Waals surface area contributed by atoms with Gasteiger partial charge in [-0.25, -0.2) is 4.39 Å². The molecular weight excluding hydrogens is 259 g/mol. The van der Waals surface area contributed by atoms with Crippen LogP contribution < -0.4 is 16.0 Å². The normalized spacial score (nSPS) is 19.2. The molecule has 1 unspecified atom stereocenters. The molecule has 2 heterocycles. The fourth-order valence-corrected chi connectivity index (χ4v) is 2.58. The molecule has 1 aliphatic rings. The lowest BCUT2D eigenvalue weighted by Gasteiger charge is -2.35. The first-order valence-corrected chi connectivity index (χ1v) is 6.46. The van der Waals surface area contributed by atoms with E-state index < -0.39 is 11.9 Å². The predicted octanol–water partition coefficient (Wildman–Crippen LogP) is 1.28. The Bertz CT molecular complexity index is 688. The fourth-order valence-electron chi connectivity index (χ4n) is 2.58. The minimum Gasteiger partial charge on any atom is -0.398 e. The van der Waals surface area contributed by atoms with E-state index in [1.807, 2.05) is 0 Å². The summed E-state index contributed by atoms with van der Waals surface area (Å²) in [6, 6.07) is 4.41. The van der Waals surface area contributed by atoms with Crippen molar-refractivity contribution in [3.05, 3.63) is 30.2 Å². The molecule has 3 N–H and O–H groups in total. The molecule has 1 aromatic heterocycles. The highest BCUT2D eigenvalue weighted by atomic mass is 19.1. The van der Waals surface area contributed by atoms with Crippen molar-refractivity contribution in [3.63, 3.8) is 0 Å². The van der Waals surface area contributed by atoms with E-state index in [1.54, 1.807) is 30.2 Å². The quantitative estimate of drug-likeness (QED) is 0.768. The van der Waals surface area contributed by atoms with Gasteiger partial charge in [0.05, 0.1) is 5.52 Å². The van der Waals surface area contributed by atoms with Gasteiger partial charge in [-0.2, -0.15) is 0 Å². The number of aromatic nitrogens is 1. The van der Waals surface area contributed by atoms with Crippen LogP contribution in [-0.4, -0.2) is 30.0 Å². The Balaban J connectivity index is 2.23. The zero-order valence-corrected chi connectivity index (χ0v) is 11.1. The molecule has 0 bridgehead atoms. The maximum absolute atomic E-state index is 14.4. The molecule has 2 aromatic rings. The van der Waals surface area contributed by atoms with Crippen molar-refractivity contribution in [1.29, 1.82) is 0 Å². The molecule has 20 heavy (non-hydrogen) atoms. The number of nitrogens with two attached hydrogens (primary N) is 1. The highest BCUT2D eigenvalue weighted by Gasteiger charge is 2.29. The Morgan fingerprint density at radius 1 is 1.55 bits per heavy atom. The van der Waals surface area contributed by atoms with E-state index >= 15 is 0 Å². The van der Waals surface area contributed by atoms with Gasteiger partial charge < -0.3 is 16.0 Å². The van der Waals surface area contributed by atoms with E-state index in [0.717, 1.165) is 0 Å². The van der Waals surface area contributed by atoms with Gasteiger partial charge in [-0.3, -0.25) is 9.78 Å². The molecule has 0 radical (unpaired) electrons. The second-order valence-electron chi connectivity index (χ2n) is 4.86. The Morgan fingerprint density at radius 2 is 2.35 bits per heavy atom. The van der Waals surface area contributed by atoms with E-state index in [4.69, 9.17) is 5.73 Å². The van der Waals surface area contributed by atoms with E-state index in [0.29, 0.717) is 35.4 Å². The summed E-state index contributed by atoms with van der Waals surface area (Å²) in [7, 11) is 0. The number of amides is 1. The Morgan fingerprint density at radius 3 is 3.15 bits per heavy atom. The summed E-state index contributed by atoms with van der Waals surface area (Å²) in [4.78, 5) is 17.8. The molecule has 0 aliphatic carbocycles. The first-order chi connectivity index (χ1) is 9.59. The van der Waals surface area contributed by atoms with Gasteiger partial charge in [-0.05, 0) is 25.1 Å². The number of halogens is 1. The summed E-state index contributed by atoms with van der Waals surface area (Å²) < 4.78 is 14.4. The van der Waals surface area contributed by atoms with E-state index in [-0.39, 0.29) is 5.91 Å². The van der Waals surface area contributed by atoms with Crippen molar-refractivity contribution in [2.75, 3.05) is 23.7 Å². The zero-order chi connectivity index (χ0) is 14.3. The first kappa shape index (κ1) is 12.7. The van der Waals surface area contributed by atoms with Gasteiger partial charge in [0.15, 0.2) is 5.82 Å². The number of piperazine rings is 1. The van der Waals surface area contributed by atoms with Gasteiger partial charge in [0.2, 0.25) is 5.91 Å². The second kappa shape index (κ2) is 4.63. The lowest BCUT2D eigenvalue weighted by molar-refractivity contribution is -0.122. The average Bonchev–Trinajstić information content (AvgIpc) is 2.43. The van der Waals surface area contributed by atoms with Crippen LogP contribution in [0.4, 0.5) is 15.8 Å². The van der Waals surface area contributed by atoms with Crippen molar-refractivity contribution in [2.24, 2.45) is 0 Å². The third kappa shape index (κ3) is 1.84. The van der Waals surface area contributed by atoms with Gasteiger partial charge in [0.25, 0.3) is 0 Å². The lowest BCUT2D eigenvalue weighted by atomic mass is 10.1. The Hall–Kier alpha value is -2.37. The topological polar surface area (TPSA) is 71.2 Å². The number of benzene rings is 1. The van der Waals surface area contributed by atoms with Crippen molar-refractivity contribution in [2.45, 2.75) is 13.0 Å². The SMILES string of the molecule is CC1C(=O)NCCN1c1c(F)cc(N)c2cccnc12. The monoisotopic (exact) mass is 274 g/mol. The van der Waals surface area contributed by atoms with Gasteiger partial charge in [0, 0.05) is 30.4 Å². The average molecular weight is 274 g/mol. The summed E-state index contributed by atoms with van der Waals surface area (Å²) >= 11 is 0. The third-order valence-corrected chi connectivity index (χ3v) is 3.64. The van der Waals surface area contributed by atoms with Crippen LogP contribution in [0.3, 0.4) is 0 Å². The van der Waals surface area contributed by atoms with Crippen molar-refractivity contribution >= 4 is 28.2 Å². The third-order valence-electron chi connectivity index (χ3n) is 3.64. The van der Waals surface area contributed by atoms with Crippen LogP contribution in [0.2, 0.25) is 0 Å². The largest absolute Gasteiger partial charge is 0.398 e. The molecule has 1 amide bonds. The van der Waals surface area contributed by atoms with E-state index in [2.05, 4.69) is 10.3 Å². The Kier molecular flexibility index (Phi) is 2.93. The maximum atomic E-state index is 14.4. The number of nitrogens with zero attached hydrogens (tertiary/aromatic N) is 2. The number of pyridine rings is 1. The van der Waals surface area contributed by atoms with Crippen molar-refractivity contribution < 1.29 is 9.18 Å². The van der Waals surface area contributed by atoms with Crippen molar-refractivity contribution in [1.82, 2.24) is 10.3 Å². The van der Waals surface area contributed by atoms with Crippen LogP contribution in [0.5, 0.6) is 0 Å². The van der Waals surface area contributed by atoms with Crippen LogP contribution in [0.25, 0.3) is 10.9 Å². The summed E-state index contributed by atoms with van der Waals surface area (Å²) in [5.74, 6) is -0.563. The number of nitrogens with one attached hydrogen (secondary N) is 1. The van der Waals surface area contributed by atoms with Crippen LogP contribution in [0.1, 0.15) is 6.92 Å². The molecule has 1 fully saturated rings. The number of rotatable bonds is 1. The number of carbonyl (C=O) groups is 1. The molecule has 0 spiro atoms. The number of nitrogen functional groups attached to an aromatic ring is 1. The lowest BCUT2D eigenvalue weighted by Crippen LogP contribution is -2.54. The van der Waals surface area contributed by atoms with Gasteiger partial charge in [0.1, 0.15) is 11.7 Å². The molecule has 104 valence electrons. The molecule has 3 rings (SSSR count). The molecular formula is C14H15FN4O. The highest BCUT2D eigenvalue weighted by Crippen LogP contribution is 2.33. The summed E-state index contributed by atoms with van der Waals surface area (Å²) in [5, 5.41) is 3.46. The van der Waals surface area contributed by atoms with E-state index in [1.165, 1.54) is 6.07 Å². The van der Waals surface area contributed by atoms with Crippen molar-refractivity contribution in [3.8, 4) is 0 Å². The summed E-state index contributed by atoms with van der Waals surface area (Å²) in [6.07, 6.45) is 1.60. The molecule has 5 nitrogen and oxygen atoms in total. The molecule has 1 saturated heterocycles. The first-order valence-electron chi connectivity index (χ1n) is 6.46. The molecule has 1 atom stereocenters. The summed E-state index contributed by atoms with van der Waals surface area (Å²) in [6.45, 7) is 2.78. The number of anilines is 2. The van der Waals surface area contributed by atoms with Gasteiger partial charge in [-0.1, -0.05) is 0 Å². The second-order valence-corrected chi connectivity index (χ2v) is 4.86. The minimum atomic E-state index is -0.449. The Labute approximate surface area is 115 Å². The van der Waals surface area contributed by atoms with Crippen LogP contribution in [-0.2, 0) is 4.79 Å². The molecule has 0 saturated carbocycles. The smallest absolute Gasteiger partial charge is 0.242 e. The molecule has 6 heteroatoms.